The van der Waals surface area contributed by atoms with E-state index in [2.05, 4.69) is 34.6 Å². The van der Waals surface area contributed by atoms with E-state index in [0.29, 0.717) is 11.5 Å². The molecule has 0 aliphatic heterocycles. The van der Waals surface area contributed by atoms with Gasteiger partial charge in [-0.15, -0.1) is 0 Å². The molecule has 2 aliphatic rings. The number of rotatable bonds is 5. The van der Waals surface area contributed by atoms with Gasteiger partial charge in [0, 0.05) is 11.8 Å². The van der Waals surface area contributed by atoms with Crippen molar-refractivity contribution in [1.82, 2.24) is 4.98 Å². The highest BCUT2D eigenvalue weighted by atomic mass is 16.5. The molecular formula is C24H20N2O3. The Balaban J connectivity index is 1.28. The number of nitrogens with zero attached hydrogens (tertiary/aromatic N) is 1. The molecule has 5 rings (SSSR count). The molecule has 1 amide bonds. The Morgan fingerprint density at radius 2 is 1.55 bits per heavy atom. The summed E-state index contributed by atoms with van der Waals surface area (Å²) in [5.41, 5.74) is 5.09. The van der Waals surface area contributed by atoms with Gasteiger partial charge in [0.25, 0.3) is 0 Å². The highest BCUT2D eigenvalue weighted by Gasteiger charge is 2.31. The summed E-state index contributed by atoms with van der Waals surface area (Å²) >= 11 is 0. The monoisotopic (exact) mass is 384 g/mol. The minimum Gasteiger partial charge on any atom is -0.448 e. The molecule has 3 aromatic rings. The molecule has 0 unspecified atom stereocenters. The van der Waals surface area contributed by atoms with Crippen LogP contribution in [0, 0.1) is 5.92 Å². The number of carbonyl (C=O) groups is 2. The molecule has 2 aromatic carbocycles. The van der Waals surface area contributed by atoms with Gasteiger partial charge >= 0.3 is 6.09 Å². The van der Waals surface area contributed by atoms with Crippen LogP contribution in [0.2, 0.25) is 0 Å². The summed E-state index contributed by atoms with van der Waals surface area (Å²) in [6.45, 7) is 0.237. The first-order valence-electron chi connectivity index (χ1n) is 9.84. The van der Waals surface area contributed by atoms with Gasteiger partial charge in [0.15, 0.2) is 5.78 Å². The highest BCUT2D eigenvalue weighted by molar-refractivity contribution is 5.98. The topological polar surface area (TPSA) is 68.3 Å². The molecule has 1 heterocycles. The molecule has 0 atom stereocenters. The number of nitrogens with one attached hydrogen (secondary N) is 1. The Labute approximate surface area is 168 Å². The number of hydrogen-bond acceptors (Lipinski definition) is 4. The Bertz CT molecular complexity index is 1060. The fraction of sp³-hybridized carbons (Fsp3) is 0.208. The number of ketones is 1. The van der Waals surface area contributed by atoms with E-state index in [0.717, 1.165) is 24.0 Å². The normalized spacial score (nSPS) is 14.8. The number of ether oxygens (including phenoxy) is 1. The maximum Gasteiger partial charge on any atom is 0.412 e. The molecule has 0 bridgehead atoms. The third-order valence-corrected chi connectivity index (χ3v) is 5.52. The number of Topliss-reactive ketones (excluding diaryl/α,β-unsaturated/α-hetero) is 1. The summed E-state index contributed by atoms with van der Waals surface area (Å²) in [7, 11) is 0. The summed E-state index contributed by atoms with van der Waals surface area (Å²) < 4.78 is 5.53. The molecule has 0 spiro atoms. The number of anilines is 1. The third kappa shape index (κ3) is 3.40. The molecule has 0 saturated heterocycles. The van der Waals surface area contributed by atoms with Crippen LogP contribution in [0.3, 0.4) is 0 Å². The zero-order chi connectivity index (χ0) is 19.8. The van der Waals surface area contributed by atoms with Gasteiger partial charge in [-0.2, -0.15) is 0 Å². The predicted octanol–water partition coefficient (Wildman–Crippen LogP) is 5.04. The van der Waals surface area contributed by atoms with Gasteiger partial charge in [-0.05, 0) is 47.2 Å². The van der Waals surface area contributed by atoms with Crippen LogP contribution in [0.5, 0.6) is 0 Å². The lowest BCUT2D eigenvalue weighted by atomic mass is 9.98. The fourth-order valence-corrected chi connectivity index (χ4v) is 3.94. The van der Waals surface area contributed by atoms with Crippen molar-refractivity contribution in [1.29, 1.82) is 0 Å². The van der Waals surface area contributed by atoms with E-state index < -0.39 is 6.09 Å². The second-order valence-corrected chi connectivity index (χ2v) is 7.50. The first kappa shape index (κ1) is 17.6. The average molecular weight is 384 g/mol. The molecule has 1 saturated carbocycles. The first-order chi connectivity index (χ1) is 14.2. The summed E-state index contributed by atoms with van der Waals surface area (Å²) in [5, 5.41) is 2.64. The van der Waals surface area contributed by atoms with E-state index in [1.807, 2.05) is 24.3 Å². The molecule has 5 nitrogen and oxygen atoms in total. The summed E-state index contributed by atoms with van der Waals surface area (Å²) in [5.74, 6) is 0.464. The number of hydrogen-bond donors (Lipinski definition) is 1. The van der Waals surface area contributed by atoms with E-state index in [9.17, 15) is 9.59 Å². The number of amides is 1. The second kappa shape index (κ2) is 7.17. The van der Waals surface area contributed by atoms with Crippen LogP contribution in [0.25, 0.3) is 11.1 Å². The van der Waals surface area contributed by atoms with Crippen molar-refractivity contribution in [2.24, 2.45) is 5.92 Å². The molecule has 144 valence electrons. The standard InChI is InChI=1S/C24H20N2O3/c27-23(15-12-13-15)21-10-5-11-22(25-21)26-24(28)29-14-20-18-8-3-1-6-16(18)17-7-2-4-9-19(17)20/h1-11,15,20H,12-14H2,(H,25,26,28). The van der Waals surface area contributed by atoms with E-state index in [1.54, 1.807) is 18.2 Å². The van der Waals surface area contributed by atoms with Gasteiger partial charge in [0.05, 0.1) is 0 Å². The van der Waals surface area contributed by atoms with Gasteiger partial charge in [-0.1, -0.05) is 54.6 Å². The number of benzene rings is 2. The molecule has 1 N–H and O–H groups in total. The predicted molar refractivity (Wildman–Crippen MR) is 110 cm³/mol. The van der Waals surface area contributed by atoms with Crippen molar-refractivity contribution in [2.75, 3.05) is 11.9 Å². The van der Waals surface area contributed by atoms with Crippen LogP contribution < -0.4 is 5.32 Å². The quantitative estimate of drug-likeness (QED) is 0.626. The molecule has 1 aromatic heterocycles. The zero-order valence-electron chi connectivity index (χ0n) is 15.8. The van der Waals surface area contributed by atoms with Gasteiger partial charge in [0.2, 0.25) is 0 Å². The van der Waals surface area contributed by atoms with Crippen LogP contribution in [0.4, 0.5) is 10.6 Å². The number of aromatic nitrogens is 1. The molecular weight excluding hydrogens is 364 g/mol. The largest absolute Gasteiger partial charge is 0.448 e. The maximum atomic E-state index is 12.4. The Hall–Kier alpha value is -3.47. The Kier molecular flexibility index (Phi) is 4.35. The molecule has 2 aliphatic carbocycles. The number of carbonyl (C=O) groups excluding carboxylic acids is 2. The van der Waals surface area contributed by atoms with Crippen molar-refractivity contribution in [2.45, 2.75) is 18.8 Å². The Morgan fingerprint density at radius 3 is 2.21 bits per heavy atom. The van der Waals surface area contributed by atoms with Gasteiger partial charge in [-0.25, -0.2) is 9.78 Å². The highest BCUT2D eigenvalue weighted by Crippen LogP contribution is 2.44. The van der Waals surface area contributed by atoms with Crippen molar-refractivity contribution >= 4 is 17.7 Å². The molecule has 29 heavy (non-hydrogen) atoms. The third-order valence-electron chi connectivity index (χ3n) is 5.52. The van der Waals surface area contributed by atoms with Gasteiger partial charge < -0.3 is 4.74 Å². The van der Waals surface area contributed by atoms with Crippen molar-refractivity contribution < 1.29 is 14.3 Å². The summed E-state index contributed by atoms with van der Waals surface area (Å²) in [6, 6.07) is 21.5. The zero-order valence-corrected chi connectivity index (χ0v) is 15.8. The minimum absolute atomic E-state index is 0.00360. The van der Waals surface area contributed by atoms with Crippen LogP contribution in [0.15, 0.2) is 66.7 Å². The van der Waals surface area contributed by atoms with Crippen LogP contribution >= 0.6 is 0 Å². The smallest absolute Gasteiger partial charge is 0.412 e. The van der Waals surface area contributed by atoms with Crippen LogP contribution in [-0.4, -0.2) is 23.5 Å². The molecule has 5 heteroatoms. The van der Waals surface area contributed by atoms with E-state index in [1.165, 1.54) is 11.1 Å². The number of fused-ring (bicyclic) bond motifs is 3. The average Bonchev–Trinajstić information content (AvgIpc) is 3.55. The first-order valence-corrected chi connectivity index (χ1v) is 9.84. The van der Waals surface area contributed by atoms with Crippen LogP contribution in [-0.2, 0) is 4.74 Å². The molecule has 0 radical (unpaired) electrons. The van der Waals surface area contributed by atoms with Crippen molar-refractivity contribution in [3.63, 3.8) is 0 Å². The van der Waals surface area contributed by atoms with E-state index in [4.69, 9.17) is 4.74 Å². The van der Waals surface area contributed by atoms with E-state index >= 15 is 0 Å². The fourth-order valence-electron chi connectivity index (χ4n) is 3.94. The summed E-state index contributed by atoms with van der Waals surface area (Å²) in [6.07, 6.45) is 1.27. The lowest BCUT2D eigenvalue weighted by Crippen LogP contribution is -2.19. The SMILES string of the molecule is O=C(Nc1cccc(C(=O)C2CC2)n1)OCC1c2ccccc2-c2ccccc21. The van der Waals surface area contributed by atoms with Crippen molar-refractivity contribution in [3.8, 4) is 11.1 Å². The van der Waals surface area contributed by atoms with E-state index in [-0.39, 0.29) is 24.2 Å². The lowest BCUT2D eigenvalue weighted by Gasteiger charge is -2.14. The second-order valence-electron chi connectivity index (χ2n) is 7.50. The maximum absolute atomic E-state index is 12.4. The molecule has 1 fully saturated rings. The van der Waals surface area contributed by atoms with Crippen molar-refractivity contribution in [3.05, 3.63) is 83.6 Å². The minimum atomic E-state index is -0.574. The van der Waals surface area contributed by atoms with Gasteiger partial charge in [0.1, 0.15) is 18.1 Å². The number of pyridine rings is 1. The Morgan fingerprint density at radius 1 is 0.897 bits per heavy atom. The van der Waals surface area contributed by atoms with Crippen LogP contribution in [0.1, 0.15) is 40.4 Å². The van der Waals surface area contributed by atoms with Gasteiger partial charge in [-0.3, -0.25) is 10.1 Å². The lowest BCUT2D eigenvalue weighted by molar-refractivity contribution is 0.0962. The summed E-state index contributed by atoms with van der Waals surface area (Å²) in [4.78, 5) is 28.8.